The largest absolute Gasteiger partial charge is 0.495 e. The number of thiophene rings is 1. The number of amides is 1. The minimum atomic E-state index is -0.256. The van der Waals surface area contributed by atoms with Crippen LogP contribution < -0.4 is 10.1 Å². The van der Waals surface area contributed by atoms with E-state index in [9.17, 15) is 4.79 Å². The number of rotatable bonds is 3. The highest BCUT2D eigenvalue weighted by Gasteiger charge is 2.14. The molecule has 2 heterocycles. The van der Waals surface area contributed by atoms with E-state index in [4.69, 9.17) is 4.74 Å². The molecular formula is C10H8BrN3O2S. The van der Waals surface area contributed by atoms with Gasteiger partial charge in [0.25, 0.3) is 5.91 Å². The molecule has 0 atom stereocenters. The van der Waals surface area contributed by atoms with Gasteiger partial charge in [0.05, 0.1) is 19.5 Å². The topological polar surface area (TPSA) is 64.1 Å². The third-order valence-corrected chi connectivity index (χ3v) is 3.22. The Labute approximate surface area is 110 Å². The summed E-state index contributed by atoms with van der Waals surface area (Å²) in [5.41, 5.74) is 0. The lowest BCUT2D eigenvalue weighted by atomic mass is 10.4. The van der Waals surface area contributed by atoms with Crippen molar-refractivity contribution in [3.05, 3.63) is 33.3 Å². The molecule has 0 saturated carbocycles. The van der Waals surface area contributed by atoms with Gasteiger partial charge in [-0.1, -0.05) is 0 Å². The van der Waals surface area contributed by atoms with Crippen LogP contribution in [0.2, 0.25) is 0 Å². The van der Waals surface area contributed by atoms with Crippen molar-refractivity contribution in [3.8, 4) is 5.75 Å². The zero-order valence-corrected chi connectivity index (χ0v) is 11.2. The first-order valence-corrected chi connectivity index (χ1v) is 6.28. The van der Waals surface area contributed by atoms with Crippen LogP contribution in [0.15, 0.2) is 28.4 Å². The number of hydrogen-bond donors (Lipinski definition) is 1. The van der Waals surface area contributed by atoms with Crippen LogP contribution >= 0.6 is 27.3 Å². The first-order valence-electron chi connectivity index (χ1n) is 4.61. The zero-order chi connectivity index (χ0) is 12.3. The molecule has 0 aliphatic heterocycles. The Morgan fingerprint density at radius 1 is 1.47 bits per heavy atom. The Morgan fingerprint density at radius 3 is 2.94 bits per heavy atom. The monoisotopic (exact) mass is 313 g/mol. The average Bonchev–Trinajstić information content (AvgIpc) is 2.80. The zero-order valence-electron chi connectivity index (χ0n) is 8.81. The number of aromatic nitrogens is 2. The normalized spacial score (nSPS) is 10.0. The lowest BCUT2D eigenvalue weighted by Gasteiger charge is -2.04. The van der Waals surface area contributed by atoms with Gasteiger partial charge in [0.2, 0.25) is 0 Å². The maximum atomic E-state index is 11.9. The predicted octanol–water partition coefficient (Wildman–Crippen LogP) is 2.56. The molecule has 0 spiro atoms. The van der Waals surface area contributed by atoms with Crippen molar-refractivity contribution >= 4 is 39.0 Å². The molecule has 1 N–H and O–H groups in total. The van der Waals surface area contributed by atoms with Crippen LogP contribution in [0.4, 0.5) is 5.82 Å². The summed E-state index contributed by atoms with van der Waals surface area (Å²) >= 11 is 4.48. The SMILES string of the molecule is COc1ccsc1C(=O)Nc1cnc(Br)cn1. The molecule has 88 valence electrons. The van der Waals surface area contributed by atoms with Gasteiger partial charge in [-0.05, 0) is 27.4 Å². The van der Waals surface area contributed by atoms with Crippen molar-refractivity contribution < 1.29 is 9.53 Å². The van der Waals surface area contributed by atoms with E-state index < -0.39 is 0 Å². The molecule has 0 aliphatic carbocycles. The second-order valence-corrected chi connectivity index (χ2v) is 4.73. The highest BCUT2D eigenvalue weighted by molar-refractivity contribution is 9.10. The first kappa shape index (κ1) is 12.0. The minimum absolute atomic E-state index is 0.256. The van der Waals surface area contributed by atoms with Crippen molar-refractivity contribution in [1.29, 1.82) is 0 Å². The maximum absolute atomic E-state index is 11.9. The van der Waals surface area contributed by atoms with Crippen LogP contribution in [0.5, 0.6) is 5.75 Å². The van der Waals surface area contributed by atoms with Crippen molar-refractivity contribution in [1.82, 2.24) is 9.97 Å². The molecule has 0 aromatic carbocycles. The van der Waals surface area contributed by atoms with Gasteiger partial charge >= 0.3 is 0 Å². The Bertz CT molecular complexity index is 527. The number of anilines is 1. The van der Waals surface area contributed by atoms with Crippen molar-refractivity contribution in [3.63, 3.8) is 0 Å². The number of methoxy groups -OCH3 is 1. The van der Waals surface area contributed by atoms with Crippen LogP contribution in [0.1, 0.15) is 9.67 Å². The maximum Gasteiger partial charge on any atom is 0.270 e. The third kappa shape index (κ3) is 2.80. The number of halogens is 1. The molecule has 2 rings (SSSR count). The quantitative estimate of drug-likeness (QED) is 0.946. The average molecular weight is 314 g/mol. The Balaban J connectivity index is 2.14. The molecule has 0 radical (unpaired) electrons. The summed E-state index contributed by atoms with van der Waals surface area (Å²) in [5.74, 6) is 0.694. The van der Waals surface area contributed by atoms with E-state index in [0.29, 0.717) is 21.0 Å². The molecule has 0 unspecified atom stereocenters. The Hall–Kier alpha value is -1.47. The summed E-state index contributed by atoms with van der Waals surface area (Å²) in [6, 6.07) is 1.74. The smallest absolute Gasteiger partial charge is 0.270 e. The van der Waals surface area contributed by atoms with Gasteiger partial charge in [0, 0.05) is 0 Å². The number of hydrogen-bond acceptors (Lipinski definition) is 5. The van der Waals surface area contributed by atoms with Gasteiger partial charge in [-0.2, -0.15) is 0 Å². The number of carbonyl (C=O) groups is 1. The number of nitrogens with one attached hydrogen (secondary N) is 1. The molecule has 0 fully saturated rings. The highest BCUT2D eigenvalue weighted by Crippen LogP contribution is 2.25. The van der Waals surface area contributed by atoms with Crippen molar-refractivity contribution in [2.75, 3.05) is 12.4 Å². The van der Waals surface area contributed by atoms with Crippen LogP contribution in [0.3, 0.4) is 0 Å². The van der Waals surface area contributed by atoms with E-state index in [0.717, 1.165) is 0 Å². The van der Waals surface area contributed by atoms with Gasteiger partial charge < -0.3 is 10.1 Å². The molecule has 0 bridgehead atoms. The number of ether oxygens (including phenoxy) is 1. The van der Waals surface area contributed by atoms with Gasteiger partial charge in [0.1, 0.15) is 15.2 Å². The second kappa shape index (κ2) is 5.24. The van der Waals surface area contributed by atoms with Crippen LogP contribution in [-0.4, -0.2) is 23.0 Å². The van der Waals surface area contributed by atoms with Crippen LogP contribution in [0.25, 0.3) is 0 Å². The first-order chi connectivity index (χ1) is 8.20. The fraction of sp³-hybridized carbons (Fsp3) is 0.100. The van der Waals surface area contributed by atoms with E-state index in [1.165, 1.54) is 30.8 Å². The summed E-state index contributed by atoms with van der Waals surface area (Å²) in [7, 11) is 1.53. The van der Waals surface area contributed by atoms with Gasteiger partial charge in [-0.3, -0.25) is 4.79 Å². The summed E-state index contributed by atoms with van der Waals surface area (Å²) in [4.78, 5) is 20.4. The molecule has 17 heavy (non-hydrogen) atoms. The van der Waals surface area contributed by atoms with Gasteiger partial charge in [-0.25, -0.2) is 9.97 Å². The molecule has 1 amide bonds. The molecule has 7 heteroatoms. The summed E-state index contributed by atoms with van der Waals surface area (Å²) < 4.78 is 5.68. The summed E-state index contributed by atoms with van der Waals surface area (Å²) in [5, 5.41) is 4.44. The predicted molar refractivity (Wildman–Crippen MR) is 68.6 cm³/mol. The van der Waals surface area contributed by atoms with E-state index in [1.807, 2.05) is 0 Å². The molecule has 5 nitrogen and oxygen atoms in total. The Kier molecular flexibility index (Phi) is 3.70. The van der Waals surface area contributed by atoms with Crippen molar-refractivity contribution in [2.45, 2.75) is 0 Å². The molecule has 0 saturated heterocycles. The highest BCUT2D eigenvalue weighted by atomic mass is 79.9. The standard InChI is InChI=1S/C10H8BrN3O2S/c1-16-6-2-3-17-9(6)10(15)14-8-5-12-7(11)4-13-8/h2-5H,1H3,(H,13,14,15). The fourth-order valence-electron chi connectivity index (χ4n) is 1.17. The summed E-state index contributed by atoms with van der Waals surface area (Å²) in [6.45, 7) is 0. The lowest BCUT2D eigenvalue weighted by Crippen LogP contribution is -2.12. The second-order valence-electron chi connectivity index (χ2n) is 3.00. The summed E-state index contributed by atoms with van der Waals surface area (Å²) in [6.07, 6.45) is 2.99. The van der Waals surface area contributed by atoms with E-state index >= 15 is 0 Å². The number of nitrogens with zero attached hydrogens (tertiary/aromatic N) is 2. The Morgan fingerprint density at radius 2 is 2.29 bits per heavy atom. The van der Waals surface area contributed by atoms with Gasteiger partial charge in [-0.15, -0.1) is 11.3 Å². The molecule has 0 aliphatic rings. The lowest BCUT2D eigenvalue weighted by molar-refractivity contribution is 0.102. The third-order valence-electron chi connectivity index (χ3n) is 1.92. The van der Waals surface area contributed by atoms with E-state index in [2.05, 4.69) is 31.2 Å². The van der Waals surface area contributed by atoms with Gasteiger partial charge in [0.15, 0.2) is 5.82 Å². The van der Waals surface area contributed by atoms with E-state index in [-0.39, 0.29) is 5.91 Å². The molecular weight excluding hydrogens is 306 g/mol. The number of carbonyl (C=O) groups excluding carboxylic acids is 1. The fourth-order valence-corrected chi connectivity index (χ4v) is 2.13. The minimum Gasteiger partial charge on any atom is -0.495 e. The van der Waals surface area contributed by atoms with Crippen LogP contribution in [0, 0.1) is 0 Å². The van der Waals surface area contributed by atoms with Crippen LogP contribution in [-0.2, 0) is 0 Å². The van der Waals surface area contributed by atoms with Crippen molar-refractivity contribution in [2.24, 2.45) is 0 Å². The van der Waals surface area contributed by atoms with E-state index in [1.54, 1.807) is 11.4 Å². The molecule has 2 aromatic heterocycles. The molecule has 2 aromatic rings.